The molecule has 3 heterocycles. The number of nitrogens with zero attached hydrogens (tertiary/aromatic N) is 4. The summed E-state index contributed by atoms with van der Waals surface area (Å²) >= 11 is 0. The van der Waals surface area contributed by atoms with Crippen LogP contribution in [0.15, 0.2) is 46.0 Å². The average Bonchev–Trinajstić information content (AvgIpc) is 3.25. The molecule has 1 aromatic rings. The van der Waals surface area contributed by atoms with E-state index in [2.05, 4.69) is 4.90 Å². The van der Waals surface area contributed by atoms with Crippen LogP contribution in [0.25, 0.3) is 0 Å². The average molecular weight is 515 g/mol. The fraction of sp³-hybridized carbons (Fsp3) is 0.615. The van der Waals surface area contributed by atoms with Gasteiger partial charge in [0.2, 0.25) is 10.0 Å². The molecule has 3 fully saturated rings. The fourth-order valence-electron chi connectivity index (χ4n) is 6.05. The highest BCUT2D eigenvalue weighted by Gasteiger charge is 2.35. The first-order valence-corrected chi connectivity index (χ1v) is 14.7. The summed E-state index contributed by atoms with van der Waals surface area (Å²) in [6.07, 6.45) is 9.62. The highest BCUT2D eigenvalue weighted by molar-refractivity contribution is 7.89. The molecule has 1 aromatic carbocycles. The van der Waals surface area contributed by atoms with Crippen molar-refractivity contribution in [2.24, 2.45) is 10.8 Å². The van der Waals surface area contributed by atoms with Crippen LogP contribution in [0.3, 0.4) is 0 Å². The molecule has 0 unspecified atom stereocenters. The second-order valence-electron chi connectivity index (χ2n) is 10.4. The summed E-state index contributed by atoms with van der Waals surface area (Å²) in [5, 5.41) is 24.8. The number of hydrogen-bond acceptors (Lipinski definition) is 7. The van der Waals surface area contributed by atoms with Crippen LogP contribution in [0.4, 0.5) is 0 Å². The van der Waals surface area contributed by atoms with E-state index in [-0.39, 0.29) is 22.9 Å². The lowest BCUT2D eigenvalue weighted by Crippen LogP contribution is -2.48. The molecular weight excluding hydrogens is 476 g/mol. The lowest BCUT2D eigenvalue weighted by molar-refractivity contribution is 0.0982. The van der Waals surface area contributed by atoms with E-state index in [0.29, 0.717) is 43.3 Å². The van der Waals surface area contributed by atoms with Gasteiger partial charge in [0.25, 0.3) is 0 Å². The van der Waals surface area contributed by atoms with Crippen LogP contribution in [0.2, 0.25) is 0 Å². The van der Waals surface area contributed by atoms with Crippen molar-refractivity contribution in [3.63, 3.8) is 0 Å². The normalized spacial score (nSPS) is 28.6. The molecule has 1 aliphatic carbocycles. The first-order chi connectivity index (χ1) is 17.4. The summed E-state index contributed by atoms with van der Waals surface area (Å²) in [4.78, 5) is 2.83. The van der Waals surface area contributed by atoms with Crippen LogP contribution in [0, 0.1) is 5.41 Å². The molecule has 5 rings (SSSR count). The van der Waals surface area contributed by atoms with Crippen molar-refractivity contribution in [1.82, 2.24) is 14.2 Å². The van der Waals surface area contributed by atoms with Crippen LogP contribution < -0.4 is 5.73 Å². The third-order valence-corrected chi connectivity index (χ3v) is 10.1. The van der Waals surface area contributed by atoms with Gasteiger partial charge in [-0.05, 0) is 76.6 Å². The molecule has 2 saturated heterocycles. The first kappa shape index (κ1) is 25.4. The molecule has 0 atom stereocenters. The van der Waals surface area contributed by atoms with Gasteiger partial charge in [-0.25, -0.2) is 13.4 Å². The number of nitrogens with one attached hydrogen (secondary N) is 1. The van der Waals surface area contributed by atoms with Crippen molar-refractivity contribution in [1.29, 1.82) is 5.41 Å². The molecule has 4 N–H and O–H groups in total. The lowest BCUT2D eigenvalue weighted by Gasteiger charge is -2.39. The zero-order valence-corrected chi connectivity index (χ0v) is 21.7. The fourth-order valence-corrected chi connectivity index (χ4v) is 7.52. The minimum atomic E-state index is -3.56. The Labute approximate surface area is 214 Å². The number of rotatable bonds is 5. The molecule has 196 valence electrons. The highest BCUT2D eigenvalue weighted by atomic mass is 32.2. The maximum Gasteiger partial charge on any atom is 0.243 e. The minimum Gasteiger partial charge on any atom is -0.404 e. The van der Waals surface area contributed by atoms with E-state index in [1.54, 1.807) is 33.6 Å². The molecular formula is C26H38N6O3S. The molecule has 10 heteroatoms. The van der Waals surface area contributed by atoms with Gasteiger partial charge in [-0.15, -0.1) is 0 Å². The number of amidine groups is 1. The Morgan fingerprint density at radius 3 is 2.17 bits per heavy atom. The van der Waals surface area contributed by atoms with Crippen molar-refractivity contribution in [3.05, 3.63) is 41.6 Å². The van der Waals surface area contributed by atoms with Crippen molar-refractivity contribution in [2.75, 3.05) is 26.2 Å². The largest absolute Gasteiger partial charge is 0.404 e. The SMILES string of the molecule is N=C1/C(=C\N)C(c2ccc(S(=O)(=O)N3CCC(N4CCCCC4)CC3)cc2)=NN1C1CCC(O)CC1. The highest BCUT2D eigenvalue weighted by Crippen LogP contribution is 2.30. The molecule has 0 aromatic heterocycles. The summed E-state index contributed by atoms with van der Waals surface area (Å²) in [7, 11) is -3.56. The lowest BCUT2D eigenvalue weighted by atomic mass is 9.92. The Balaban J connectivity index is 1.28. The van der Waals surface area contributed by atoms with E-state index in [0.717, 1.165) is 44.3 Å². The topological polar surface area (TPSA) is 126 Å². The maximum atomic E-state index is 13.3. The summed E-state index contributed by atoms with van der Waals surface area (Å²) in [5.41, 5.74) is 7.73. The Bertz CT molecular complexity index is 1110. The van der Waals surface area contributed by atoms with Gasteiger partial charge in [-0.1, -0.05) is 18.6 Å². The van der Waals surface area contributed by atoms with E-state index < -0.39 is 10.0 Å². The van der Waals surface area contributed by atoms with Gasteiger partial charge in [-0.3, -0.25) is 5.41 Å². The molecule has 9 nitrogen and oxygen atoms in total. The molecule has 36 heavy (non-hydrogen) atoms. The number of aliphatic hydroxyl groups excluding tert-OH is 1. The van der Waals surface area contributed by atoms with Gasteiger partial charge in [0.15, 0.2) is 5.84 Å². The molecule has 0 spiro atoms. The smallest absolute Gasteiger partial charge is 0.243 e. The van der Waals surface area contributed by atoms with Crippen LogP contribution in [0.5, 0.6) is 0 Å². The van der Waals surface area contributed by atoms with Crippen LogP contribution in [-0.4, -0.2) is 83.7 Å². The monoisotopic (exact) mass is 514 g/mol. The Kier molecular flexibility index (Phi) is 7.48. The van der Waals surface area contributed by atoms with Gasteiger partial charge >= 0.3 is 0 Å². The number of hydrazone groups is 1. The number of nitrogens with two attached hydrogens (primary N) is 1. The predicted molar refractivity (Wildman–Crippen MR) is 140 cm³/mol. The molecule has 0 radical (unpaired) electrons. The van der Waals surface area contributed by atoms with Crippen molar-refractivity contribution in [2.45, 2.75) is 80.9 Å². The molecule has 1 saturated carbocycles. The molecule has 4 aliphatic rings. The van der Waals surface area contributed by atoms with Crippen LogP contribution in [0.1, 0.15) is 63.4 Å². The Hall–Kier alpha value is -2.27. The summed E-state index contributed by atoms with van der Waals surface area (Å²) < 4.78 is 28.3. The summed E-state index contributed by atoms with van der Waals surface area (Å²) in [6.45, 7) is 3.39. The Morgan fingerprint density at radius 1 is 0.917 bits per heavy atom. The van der Waals surface area contributed by atoms with Crippen molar-refractivity contribution in [3.8, 4) is 0 Å². The van der Waals surface area contributed by atoms with Gasteiger partial charge in [0.05, 0.1) is 22.6 Å². The molecule has 0 amide bonds. The zero-order valence-electron chi connectivity index (χ0n) is 20.8. The van der Waals surface area contributed by atoms with Gasteiger partial charge in [-0.2, -0.15) is 9.41 Å². The first-order valence-electron chi connectivity index (χ1n) is 13.3. The van der Waals surface area contributed by atoms with E-state index in [1.807, 2.05) is 0 Å². The predicted octanol–water partition coefficient (Wildman–Crippen LogP) is 2.47. The number of piperidine rings is 2. The van der Waals surface area contributed by atoms with E-state index in [4.69, 9.17) is 16.2 Å². The van der Waals surface area contributed by atoms with Crippen molar-refractivity contribution >= 4 is 21.6 Å². The number of hydrogen-bond donors (Lipinski definition) is 3. The van der Waals surface area contributed by atoms with Gasteiger partial charge < -0.3 is 15.7 Å². The number of sulfonamides is 1. The van der Waals surface area contributed by atoms with E-state index in [9.17, 15) is 13.5 Å². The quantitative estimate of drug-likeness (QED) is 0.554. The standard InChI is InChI=1S/C26H38N6O3S/c27-18-24-25(29-32(26(24)28)21-6-8-22(33)9-7-21)19-4-10-23(11-5-19)36(34,35)31-16-12-20(13-17-31)30-14-2-1-3-15-30/h4-5,10-11,18,20-22,28,33H,1-3,6-9,12-17,27H2/b24-18-,28-26?. The second kappa shape index (κ2) is 10.6. The number of aliphatic hydroxyl groups is 1. The third kappa shape index (κ3) is 4.96. The molecule has 0 bridgehead atoms. The van der Waals surface area contributed by atoms with E-state index >= 15 is 0 Å². The number of benzene rings is 1. The second-order valence-corrected chi connectivity index (χ2v) is 12.4. The number of likely N-dealkylation sites (tertiary alicyclic amines) is 1. The van der Waals surface area contributed by atoms with Crippen LogP contribution in [-0.2, 0) is 10.0 Å². The molecule has 3 aliphatic heterocycles. The van der Waals surface area contributed by atoms with Crippen LogP contribution >= 0.6 is 0 Å². The minimum absolute atomic E-state index is 0.0564. The summed E-state index contributed by atoms with van der Waals surface area (Å²) in [6, 6.07) is 7.35. The van der Waals surface area contributed by atoms with Gasteiger partial charge in [0, 0.05) is 30.9 Å². The third-order valence-electron chi connectivity index (χ3n) is 8.22. The summed E-state index contributed by atoms with van der Waals surface area (Å²) in [5.74, 6) is 0.252. The maximum absolute atomic E-state index is 13.3. The van der Waals surface area contributed by atoms with E-state index in [1.165, 1.54) is 25.5 Å². The van der Waals surface area contributed by atoms with Gasteiger partial charge in [0.1, 0.15) is 5.71 Å². The van der Waals surface area contributed by atoms with Crippen molar-refractivity contribution < 1.29 is 13.5 Å². The zero-order chi connectivity index (χ0) is 25.3. The Morgan fingerprint density at radius 2 is 1.56 bits per heavy atom.